The predicted octanol–water partition coefficient (Wildman–Crippen LogP) is 2.34. The number of carbonyl (C=O) groups is 1. The lowest BCUT2D eigenvalue weighted by Crippen LogP contribution is -2.31. The minimum absolute atomic E-state index is 0.0371. The molecule has 1 aromatic heterocycles. The van der Waals surface area contributed by atoms with Gasteiger partial charge in [0.2, 0.25) is 0 Å². The molecule has 0 N–H and O–H groups in total. The Kier molecular flexibility index (Phi) is 5.32. The van der Waals surface area contributed by atoms with E-state index in [4.69, 9.17) is 0 Å². The number of hydrogen-bond acceptors (Lipinski definition) is 4. The maximum atomic E-state index is 12.2. The molecule has 2 rings (SSSR count). The van der Waals surface area contributed by atoms with Gasteiger partial charge in [-0.1, -0.05) is 12.8 Å². The molecule has 5 heteroatoms. The van der Waals surface area contributed by atoms with E-state index >= 15 is 0 Å². The van der Waals surface area contributed by atoms with Crippen LogP contribution in [-0.2, 0) is 0 Å². The molecule has 0 unspecified atom stereocenters. The molecule has 0 spiro atoms. The molecule has 0 aromatic carbocycles. The molecule has 0 radical (unpaired) electrons. The van der Waals surface area contributed by atoms with Gasteiger partial charge in [-0.15, -0.1) is 10.2 Å². The smallest absolute Gasteiger partial charge is 0.274 e. The molecule has 1 amide bonds. The SMILES string of the molecule is CCN(CC)C(=O)c1ccc(N2CCCCCC2)nn1. The number of anilines is 1. The van der Waals surface area contributed by atoms with E-state index in [2.05, 4.69) is 15.1 Å². The Morgan fingerprint density at radius 3 is 2.25 bits per heavy atom. The summed E-state index contributed by atoms with van der Waals surface area (Å²) in [6.07, 6.45) is 5.01. The van der Waals surface area contributed by atoms with Gasteiger partial charge < -0.3 is 9.80 Å². The van der Waals surface area contributed by atoms with Crippen molar-refractivity contribution in [3.05, 3.63) is 17.8 Å². The first-order valence-corrected chi connectivity index (χ1v) is 7.64. The van der Waals surface area contributed by atoms with Crippen LogP contribution in [0.15, 0.2) is 12.1 Å². The zero-order chi connectivity index (χ0) is 14.4. The summed E-state index contributed by atoms with van der Waals surface area (Å²) in [6.45, 7) is 7.42. The van der Waals surface area contributed by atoms with Gasteiger partial charge in [0.1, 0.15) is 0 Å². The van der Waals surface area contributed by atoms with Crippen molar-refractivity contribution in [2.24, 2.45) is 0 Å². The second-order valence-electron chi connectivity index (χ2n) is 5.16. The van der Waals surface area contributed by atoms with E-state index in [1.54, 1.807) is 11.0 Å². The second-order valence-corrected chi connectivity index (χ2v) is 5.16. The summed E-state index contributed by atoms with van der Waals surface area (Å²) >= 11 is 0. The Labute approximate surface area is 121 Å². The first kappa shape index (κ1) is 14.8. The third-order valence-corrected chi connectivity index (χ3v) is 3.85. The van der Waals surface area contributed by atoms with Crippen LogP contribution in [0.4, 0.5) is 5.82 Å². The minimum Gasteiger partial charge on any atom is -0.355 e. The van der Waals surface area contributed by atoms with Crippen LogP contribution in [0.3, 0.4) is 0 Å². The van der Waals surface area contributed by atoms with E-state index in [1.165, 1.54) is 25.7 Å². The molecule has 1 fully saturated rings. The van der Waals surface area contributed by atoms with Crippen LogP contribution in [0.5, 0.6) is 0 Å². The third kappa shape index (κ3) is 3.46. The van der Waals surface area contributed by atoms with Crippen LogP contribution in [0.25, 0.3) is 0 Å². The molecule has 1 aromatic rings. The van der Waals surface area contributed by atoms with Gasteiger partial charge in [-0.25, -0.2) is 0 Å². The number of nitrogens with zero attached hydrogens (tertiary/aromatic N) is 4. The molecule has 0 aliphatic carbocycles. The number of amides is 1. The summed E-state index contributed by atoms with van der Waals surface area (Å²) in [5.41, 5.74) is 0.437. The molecule has 5 nitrogen and oxygen atoms in total. The van der Waals surface area contributed by atoms with Crippen molar-refractivity contribution < 1.29 is 4.79 Å². The van der Waals surface area contributed by atoms with Gasteiger partial charge >= 0.3 is 0 Å². The first-order valence-electron chi connectivity index (χ1n) is 7.64. The highest BCUT2D eigenvalue weighted by Gasteiger charge is 2.16. The van der Waals surface area contributed by atoms with Crippen molar-refractivity contribution in [1.29, 1.82) is 0 Å². The normalized spacial score (nSPS) is 15.8. The Bertz CT molecular complexity index is 420. The standard InChI is InChI=1S/C15H24N4O/c1-3-18(4-2)15(20)13-9-10-14(17-16-13)19-11-7-5-6-8-12-19/h9-10H,3-8,11-12H2,1-2H3. The van der Waals surface area contributed by atoms with E-state index < -0.39 is 0 Å². The Hall–Kier alpha value is -1.65. The Balaban J connectivity index is 2.07. The van der Waals surface area contributed by atoms with Crippen LogP contribution in [0.2, 0.25) is 0 Å². The summed E-state index contributed by atoms with van der Waals surface area (Å²) in [7, 11) is 0. The van der Waals surface area contributed by atoms with E-state index in [1.807, 2.05) is 19.9 Å². The topological polar surface area (TPSA) is 49.3 Å². The quantitative estimate of drug-likeness (QED) is 0.847. The molecule has 1 aliphatic rings. The lowest BCUT2D eigenvalue weighted by molar-refractivity contribution is 0.0766. The molecular weight excluding hydrogens is 252 g/mol. The summed E-state index contributed by atoms with van der Waals surface area (Å²) < 4.78 is 0. The molecule has 0 saturated carbocycles. The van der Waals surface area contributed by atoms with E-state index in [9.17, 15) is 4.79 Å². The average molecular weight is 276 g/mol. The predicted molar refractivity (Wildman–Crippen MR) is 80.0 cm³/mol. The molecule has 110 valence electrons. The summed E-state index contributed by atoms with van der Waals surface area (Å²) in [5, 5.41) is 8.36. The third-order valence-electron chi connectivity index (χ3n) is 3.85. The fraction of sp³-hybridized carbons (Fsp3) is 0.667. The van der Waals surface area contributed by atoms with Gasteiger partial charge in [-0.3, -0.25) is 4.79 Å². The maximum absolute atomic E-state index is 12.2. The van der Waals surface area contributed by atoms with Crippen molar-refractivity contribution in [1.82, 2.24) is 15.1 Å². The van der Waals surface area contributed by atoms with Crippen molar-refractivity contribution in [2.75, 3.05) is 31.1 Å². The largest absolute Gasteiger partial charge is 0.355 e. The zero-order valence-corrected chi connectivity index (χ0v) is 12.5. The molecule has 20 heavy (non-hydrogen) atoms. The molecule has 2 heterocycles. The van der Waals surface area contributed by atoms with Gasteiger partial charge in [-0.2, -0.15) is 0 Å². The van der Waals surface area contributed by atoms with Gasteiger partial charge in [-0.05, 0) is 38.8 Å². The summed E-state index contributed by atoms with van der Waals surface area (Å²) in [4.78, 5) is 16.2. The highest BCUT2D eigenvalue weighted by Crippen LogP contribution is 2.16. The van der Waals surface area contributed by atoms with Crippen molar-refractivity contribution >= 4 is 11.7 Å². The highest BCUT2D eigenvalue weighted by molar-refractivity contribution is 5.92. The van der Waals surface area contributed by atoms with Crippen molar-refractivity contribution in [3.63, 3.8) is 0 Å². The lowest BCUT2D eigenvalue weighted by Gasteiger charge is -2.21. The number of aromatic nitrogens is 2. The van der Waals surface area contributed by atoms with Crippen LogP contribution < -0.4 is 4.90 Å². The maximum Gasteiger partial charge on any atom is 0.274 e. The Morgan fingerprint density at radius 1 is 1.10 bits per heavy atom. The molecular formula is C15H24N4O. The number of hydrogen-bond donors (Lipinski definition) is 0. The fourth-order valence-electron chi connectivity index (χ4n) is 2.58. The van der Waals surface area contributed by atoms with Gasteiger partial charge in [0, 0.05) is 26.2 Å². The molecule has 1 aliphatic heterocycles. The van der Waals surface area contributed by atoms with Crippen LogP contribution in [0.1, 0.15) is 50.0 Å². The summed E-state index contributed by atoms with van der Waals surface area (Å²) in [5.74, 6) is 0.855. The summed E-state index contributed by atoms with van der Waals surface area (Å²) in [6, 6.07) is 3.73. The molecule has 0 bridgehead atoms. The first-order chi connectivity index (χ1) is 9.76. The van der Waals surface area contributed by atoms with Gasteiger partial charge in [0.25, 0.3) is 5.91 Å². The van der Waals surface area contributed by atoms with Crippen molar-refractivity contribution in [2.45, 2.75) is 39.5 Å². The average Bonchev–Trinajstić information content (AvgIpc) is 2.77. The van der Waals surface area contributed by atoms with Gasteiger partial charge in [0.15, 0.2) is 11.5 Å². The van der Waals surface area contributed by atoms with Gasteiger partial charge in [0.05, 0.1) is 0 Å². The fourth-order valence-corrected chi connectivity index (χ4v) is 2.58. The van der Waals surface area contributed by atoms with E-state index in [0.717, 1.165) is 18.9 Å². The monoisotopic (exact) mass is 276 g/mol. The second kappa shape index (κ2) is 7.22. The van der Waals surface area contributed by atoms with Crippen molar-refractivity contribution in [3.8, 4) is 0 Å². The van der Waals surface area contributed by atoms with E-state index in [0.29, 0.717) is 18.8 Å². The zero-order valence-electron chi connectivity index (χ0n) is 12.5. The lowest BCUT2D eigenvalue weighted by atomic mass is 10.2. The van der Waals surface area contributed by atoms with E-state index in [-0.39, 0.29) is 5.91 Å². The molecule has 1 saturated heterocycles. The van der Waals surface area contributed by atoms with Crippen LogP contribution >= 0.6 is 0 Å². The van der Waals surface area contributed by atoms with Crippen LogP contribution in [0, 0.1) is 0 Å². The minimum atomic E-state index is -0.0371. The highest BCUT2D eigenvalue weighted by atomic mass is 16.2. The van der Waals surface area contributed by atoms with Crippen LogP contribution in [-0.4, -0.2) is 47.2 Å². The number of carbonyl (C=O) groups excluding carboxylic acids is 1. The molecule has 0 atom stereocenters. The Morgan fingerprint density at radius 2 is 1.75 bits per heavy atom. The number of rotatable bonds is 4.